The summed E-state index contributed by atoms with van der Waals surface area (Å²) in [6, 6.07) is 4.90. The van der Waals surface area contributed by atoms with Crippen LogP contribution in [0.3, 0.4) is 0 Å². The van der Waals surface area contributed by atoms with E-state index < -0.39 is 0 Å². The summed E-state index contributed by atoms with van der Waals surface area (Å²) in [5.74, 6) is 0. The first-order valence-corrected chi connectivity index (χ1v) is 7.14. The van der Waals surface area contributed by atoms with Crippen LogP contribution in [0.5, 0.6) is 0 Å². The quantitative estimate of drug-likeness (QED) is 0.743. The number of nitrogens with zero attached hydrogens (tertiary/aromatic N) is 1. The van der Waals surface area contributed by atoms with Crippen molar-refractivity contribution in [1.82, 2.24) is 10.3 Å². The molecule has 1 aliphatic carbocycles. The van der Waals surface area contributed by atoms with Crippen molar-refractivity contribution in [2.24, 2.45) is 0 Å². The molecule has 4 heteroatoms. The lowest BCUT2D eigenvalue weighted by Gasteiger charge is -2.12. The second-order valence-electron chi connectivity index (χ2n) is 5.09. The Bertz CT molecular complexity index is 363. The summed E-state index contributed by atoms with van der Waals surface area (Å²) in [6.07, 6.45) is 4.67. The predicted molar refractivity (Wildman–Crippen MR) is 74.8 cm³/mol. The molecule has 1 heterocycles. The number of ether oxygens (including phenoxy) is 2. The van der Waals surface area contributed by atoms with Crippen molar-refractivity contribution >= 4 is 0 Å². The highest BCUT2D eigenvalue weighted by atomic mass is 16.5. The van der Waals surface area contributed by atoms with Gasteiger partial charge in [-0.3, -0.25) is 4.98 Å². The van der Waals surface area contributed by atoms with Crippen LogP contribution in [0.2, 0.25) is 0 Å². The fourth-order valence-electron chi connectivity index (χ4n) is 1.75. The minimum atomic E-state index is 0.109. The van der Waals surface area contributed by atoms with E-state index in [0.29, 0.717) is 13.2 Å². The minimum absolute atomic E-state index is 0.109. The van der Waals surface area contributed by atoms with E-state index in [1.807, 2.05) is 26.1 Å². The zero-order valence-corrected chi connectivity index (χ0v) is 11.9. The molecule has 1 atom stereocenters. The molecule has 0 aromatic carbocycles. The highest BCUT2D eigenvalue weighted by molar-refractivity contribution is 5.13. The Kier molecular flexibility index (Phi) is 5.76. The lowest BCUT2D eigenvalue weighted by atomic mass is 10.2. The van der Waals surface area contributed by atoms with E-state index in [4.69, 9.17) is 9.47 Å². The SMILES string of the molecule is CCOCC(C)OCc1ccc(CNC2CC2)cn1. The van der Waals surface area contributed by atoms with Crippen molar-refractivity contribution in [3.63, 3.8) is 0 Å². The van der Waals surface area contributed by atoms with E-state index in [9.17, 15) is 0 Å². The van der Waals surface area contributed by atoms with Crippen LogP contribution in [0.25, 0.3) is 0 Å². The second kappa shape index (κ2) is 7.58. The molecule has 4 nitrogen and oxygen atoms in total. The number of pyridine rings is 1. The third-order valence-electron chi connectivity index (χ3n) is 3.13. The Hall–Kier alpha value is -0.970. The topological polar surface area (TPSA) is 43.4 Å². The van der Waals surface area contributed by atoms with E-state index in [0.717, 1.165) is 24.9 Å². The Morgan fingerprint density at radius 3 is 2.89 bits per heavy atom. The van der Waals surface area contributed by atoms with Gasteiger partial charge in [-0.1, -0.05) is 6.07 Å². The first-order chi connectivity index (χ1) is 9.28. The zero-order valence-electron chi connectivity index (χ0n) is 11.9. The van der Waals surface area contributed by atoms with Gasteiger partial charge in [-0.15, -0.1) is 0 Å². The van der Waals surface area contributed by atoms with Gasteiger partial charge in [-0.05, 0) is 38.3 Å². The first kappa shape index (κ1) is 14.4. The van der Waals surface area contributed by atoms with Gasteiger partial charge >= 0.3 is 0 Å². The molecule has 0 amide bonds. The molecule has 1 aliphatic rings. The number of aromatic nitrogens is 1. The van der Waals surface area contributed by atoms with Crippen molar-refractivity contribution in [1.29, 1.82) is 0 Å². The molecule has 1 aromatic heterocycles. The summed E-state index contributed by atoms with van der Waals surface area (Å²) in [4.78, 5) is 4.42. The minimum Gasteiger partial charge on any atom is -0.379 e. The molecule has 1 N–H and O–H groups in total. The van der Waals surface area contributed by atoms with Crippen LogP contribution in [0.15, 0.2) is 18.3 Å². The summed E-state index contributed by atoms with van der Waals surface area (Å²) < 4.78 is 11.0. The van der Waals surface area contributed by atoms with Crippen molar-refractivity contribution < 1.29 is 9.47 Å². The van der Waals surface area contributed by atoms with Gasteiger partial charge in [-0.2, -0.15) is 0 Å². The van der Waals surface area contributed by atoms with Crippen LogP contribution in [0.1, 0.15) is 37.9 Å². The smallest absolute Gasteiger partial charge is 0.0892 e. The molecule has 19 heavy (non-hydrogen) atoms. The van der Waals surface area contributed by atoms with E-state index >= 15 is 0 Å². The van der Waals surface area contributed by atoms with Crippen molar-refractivity contribution in [3.05, 3.63) is 29.6 Å². The highest BCUT2D eigenvalue weighted by Crippen LogP contribution is 2.19. The summed E-state index contributed by atoms with van der Waals surface area (Å²) in [6.45, 7) is 6.84. The Labute approximate surface area is 115 Å². The summed E-state index contributed by atoms with van der Waals surface area (Å²) >= 11 is 0. The van der Waals surface area contributed by atoms with Crippen molar-refractivity contribution in [2.75, 3.05) is 13.2 Å². The van der Waals surface area contributed by atoms with Gasteiger partial charge in [0.15, 0.2) is 0 Å². The molecule has 0 spiro atoms. The van der Waals surface area contributed by atoms with E-state index in [1.165, 1.54) is 18.4 Å². The lowest BCUT2D eigenvalue weighted by molar-refractivity contribution is -0.0127. The third kappa shape index (κ3) is 5.68. The van der Waals surface area contributed by atoms with Gasteiger partial charge in [0.25, 0.3) is 0 Å². The maximum atomic E-state index is 5.68. The molecule has 1 unspecified atom stereocenters. The van der Waals surface area contributed by atoms with Gasteiger partial charge in [0.05, 0.1) is 25.0 Å². The molecule has 0 saturated heterocycles. The third-order valence-corrected chi connectivity index (χ3v) is 3.13. The largest absolute Gasteiger partial charge is 0.379 e. The predicted octanol–water partition coefficient (Wildman–Crippen LogP) is 2.28. The van der Waals surface area contributed by atoms with Crippen LogP contribution in [0.4, 0.5) is 0 Å². The van der Waals surface area contributed by atoms with Crippen LogP contribution in [-0.4, -0.2) is 30.3 Å². The van der Waals surface area contributed by atoms with Gasteiger partial charge in [0.2, 0.25) is 0 Å². The van der Waals surface area contributed by atoms with Crippen LogP contribution >= 0.6 is 0 Å². The standard InChI is InChI=1S/C15H24N2O2/c1-3-18-10-12(2)19-11-15-5-4-13(9-17-15)8-16-14-6-7-14/h4-5,9,12,14,16H,3,6-8,10-11H2,1-2H3. The van der Waals surface area contributed by atoms with E-state index in [2.05, 4.69) is 16.4 Å². The molecule has 2 rings (SSSR count). The molecular formula is C15H24N2O2. The molecular weight excluding hydrogens is 240 g/mol. The molecule has 1 aromatic rings. The molecule has 0 aliphatic heterocycles. The van der Waals surface area contributed by atoms with E-state index in [1.54, 1.807) is 0 Å². The van der Waals surface area contributed by atoms with Crippen molar-refractivity contribution in [3.8, 4) is 0 Å². The molecule has 0 bridgehead atoms. The average Bonchev–Trinajstić information content (AvgIpc) is 3.26. The highest BCUT2D eigenvalue weighted by Gasteiger charge is 2.19. The van der Waals surface area contributed by atoms with Crippen molar-refractivity contribution in [2.45, 2.75) is 52.0 Å². The van der Waals surface area contributed by atoms with Gasteiger partial charge < -0.3 is 14.8 Å². The number of nitrogens with one attached hydrogen (secondary N) is 1. The monoisotopic (exact) mass is 264 g/mol. The Morgan fingerprint density at radius 1 is 1.42 bits per heavy atom. The lowest BCUT2D eigenvalue weighted by Crippen LogP contribution is -2.17. The number of hydrogen-bond acceptors (Lipinski definition) is 4. The summed E-state index contributed by atoms with van der Waals surface area (Å²) in [7, 11) is 0. The first-order valence-electron chi connectivity index (χ1n) is 7.14. The molecule has 1 saturated carbocycles. The van der Waals surface area contributed by atoms with Gasteiger partial charge in [-0.25, -0.2) is 0 Å². The fourth-order valence-corrected chi connectivity index (χ4v) is 1.75. The van der Waals surface area contributed by atoms with Crippen LogP contribution in [-0.2, 0) is 22.6 Å². The van der Waals surface area contributed by atoms with Gasteiger partial charge in [0, 0.05) is 25.4 Å². The average molecular weight is 264 g/mol. The molecule has 0 radical (unpaired) electrons. The fraction of sp³-hybridized carbons (Fsp3) is 0.667. The van der Waals surface area contributed by atoms with Gasteiger partial charge in [0.1, 0.15) is 0 Å². The summed E-state index contributed by atoms with van der Waals surface area (Å²) in [5, 5.41) is 3.48. The van der Waals surface area contributed by atoms with Crippen LogP contribution < -0.4 is 5.32 Å². The number of rotatable bonds is 9. The van der Waals surface area contributed by atoms with E-state index in [-0.39, 0.29) is 6.10 Å². The zero-order chi connectivity index (χ0) is 13.5. The normalized spacial score (nSPS) is 16.5. The Morgan fingerprint density at radius 2 is 2.26 bits per heavy atom. The van der Waals surface area contributed by atoms with Crippen LogP contribution in [0, 0.1) is 0 Å². The molecule has 106 valence electrons. The second-order valence-corrected chi connectivity index (χ2v) is 5.09. The Balaban J connectivity index is 1.68. The summed E-state index contributed by atoms with van der Waals surface area (Å²) in [5.41, 5.74) is 2.21. The molecule has 1 fully saturated rings. The number of hydrogen-bond donors (Lipinski definition) is 1. The maximum absolute atomic E-state index is 5.68. The maximum Gasteiger partial charge on any atom is 0.0892 e.